The Morgan fingerprint density at radius 2 is 1.32 bits per heavy atom. The summed E-state index contributed by atoms with van der Waals surface area (Å²) in [5, 5.41) is 11.3. The van der Waals surface area contributed by atoms with Crippen LogP contribution in [0.5, 0.6) is 0 Å². The molecule has 0 heterocycles. The van der Waals surface area contributed by atoms with Gasteiger partial charge in [0.2, 0.25) is 5.91 Å². The van der Waals surface area contributed by atoms with Gasteiger partial charge in [-0.3, -0.25) is 9.59 Å². The highest BCUT2D eigenvalue weighted by Crippen LogP contribution is 2.10. The van der Waals surface area contributed by atoms with Crippen molar-refractivity contribution in [2.24, 2.45) is 0 Å². The van der Waals surface area contributed by atoms with Gasteiger partial charge in [-0.1, -0.05) is 44.9 Å². The zero-order valence-corrected chi connectivity index (χ0v) is 12.6. The van der Waals surface area contributed by atoms with Gasteiger partial charge in [-0.15, -0.1) is 0 Å². The van der Waals surface area contributed by atoms with Gasteiger partial charge in [0, 0.05) is 13.0 Å². The average Bonchev–Trinajstić information content (AvgIpc) is 2.39. The van der Waals surface area contributed by atoms with Gasteiger partial charge < -0.3 is 10.4 Å². The number of hydrogen-bond donors (Lipinski definition) is 3. The molecule has 1 amide bonds. The van der Waals surface area contributed by atoms with Crippen LogP contribution in [0.4, 0.5) is 0 Å². The fourth-order valence-electron chi connectivity index (χ4n) is 1.92. The lowest BCUT2D eigenvalue weighted by Crippen LogP contribution is -2.25. The Morgan fingerprint density at radius 3 is 1.79 bits per heavy atom. The van der Waals surface area contributed by atoms with Crippen molar-refractivity contribution >= 4 is 24.5 Å². The molecule has 0 aliphatic carbocycles. The molecular formula is C14H27NO3S. The molecule has 0 saturated heterocycles. The van der Waals surface area contributed by atoms with E-state index >= 15 is 0 Å². The molecule has 0 aromatic carbocycles. The number of carbonyl (C=O) groups is 2. The van der Waals surface area contributed by atoms with Crippen LogP contribution in [0.3, 0.4) is 0 Å². The topological polar surface area (TPSA) is 66.4 Å². The van der Waals surface area contributed by atoms with Crippen molar-refractivity contribution in [3.8, 4) is 0 Å². The summed E-state index contributed by atoms with van der Waals surface area (Å²) in [7, 11) is 0. The maximum absolute atomic E-state index is 10.9. The molecule has 0 rings (SSSR count). The van der Waals surface area contributed by atoms with E-state index in [2.05, 4.69) is 17.9 Å². The van der Waals surface area contributed by atoms with Gasteiger partial charge in [-0.2, -0.15) is 12.6 Å². The third-order valence-electron chi connectivity index (χ3n) is 3.03. The fraction of sp³-hybridized carbons (Fsp3) is 0.857. The number of nitrogens with one attached hydrogen (secondary N) is 1. The Labute approximate surface area is 121 Å². The van der Waals surface area contributed by atoms with Gasteiger partial charge in [0.05, 0.1) is 5.75 Å². The molecule has 5 heteroatoms. The van der Waals surface area contributed by atoms with Crippen LogP contribution in [0.1, 0.15) is 64.2 Å². The number of carboxylic acid groups (broad SMARTS) is 1. The van der Waals surface area contributed by atoms with Crippen LogP contribution in [-0.2, 0) is 9.59 Å². The molecule has 0 radical (unpaired) electrons. The largest absolute Gasteiger partial charge is 0.481 e. The lowest BCUT2D eigenvalue weighted by Gasteiger charge is -2.03. The van der Waals surface area contributed by atoms with E-state index in [4.69, 9.17) is 5.11 Å². The number of aliphatic carboxylic acids is 1. The Balaban J connectivity index is 3.03. The minimum absolute atomic E-state index is 0.00435. The maximum atomic E-state index is 10.9. The number of hydrogen-bond acceptors (Lipinski definition) is 3. The van der Waals surface area contributed by atoms with E-state index in [1.165, 1.54) is 25.7 Å². The Hall–Kier alpha value is -0.710. The van der Waals surface area contributed by atoms with E-state index in [0.717, 1.165) is 38.6 Å². The van der Waals surface area contributed by atoms with Crippen LogP contribution < -0.4 is 5.32 Å². The molecule has 0 aromatic rings. The first-order valence-corrected chi connectivity index (χ1v) is 7.89. The molecular weight excluding hydrogens is 262 g/mol. The normalized spacial score (nSPS) is 10.4. The Kier molecular flexibility index (Phi) is 13.2. The Bertz CT molecular complexity index is 247. The summed E-state index contributed by atoms with van der Waals surface area (Å²) in [6.07, 6.45) is 10.4. The van der Waals surface area contributed by atoms with E-state index in [0.29, 0.717) is 6.42 Å². The van der Waals surface area contributed by atoms with Crippen LogP contribution >= 0.6 is 12.6 Å². The summed E-state index contributed by atoms with van der Waals surface area (Å²) < 4.78 is 0. The van der Waals surface area contributed by atoms with Crippen LogP contribution in [0.15, 0.2) is 0 Å². The van der Waals surface area contributed by atoms with Gasteiger partial charge in [0.1, 0.15) is 0 Å². The minimum Gasteiger partial charge on any atom is -0.481 e. The van der Waals surface area contributed by atoms with Crippen molar-refractivity contribution in [3.63, 3.8) is 0 Å². The molecule has 0 aromatic heterocycles. The minimum atomic E-state index is -0.690. The zero-order valence-electron chi connectivity index (χ0n) is 11.7. The molecule has 0 spiro atoms. The van der Waals surface area contributed by atoms with E-state index in [1.807, 2.05) is 0 Å². The first-order valence-electron chi connectivity index (χ1n) is 7.26. The number of thiol groups is 1. The van der Waals surface area contributed by atoms with Gasteiger partial charge >= 0.3 is 5.97 Å². The van der Waals surface area contributed by atoms with Crippen molar-refractivity contribution in [2.75, 3.05) is 12.3 Å². The predicted molar refractivity (Wildman–Crippen MR) is 80.7 cm³/mol. The van der Waals surface area contributed by atoms with Crippen LogP contribution in [-0.4, -0.2) is 29.3 Å². The molecule has 0 saturated carbocycles. The molecule has 0 unspecified atom stereocenters. The summed E-state index contributed by atoms with van der Waals surface area (Å²) >= 11 is 3.89. The van der Waals surface area contributed by atoms with Crippen LogP contribution in [0.25, 0.3) is 0 Å². The van der Waals surface area contributed by atoms with Crippen molar-refractivity contribution in [1.82, 2.24) is 5.32 Å². The molecule has 0 bridgehead atoms. The van der Waals surface area contributed by atoms with Crippen molar-refractivity contribution in [1.29, 1.82) is 0 Å². The second-order valence-corrected chi connectivity index (χ2v) is 5.15. The number of unbranched alkanes of at least 4 members (excludes halogenated alkanes) is 8. The molecule has 4 nitrogen and oxygen atoms in total. The SMILES string of the molecule is O=C(O)CCCCCCCCCCCNC(=O)CS. The van der Waals surface area contributed by atoms with Crippen LogP contribution in [0, 0.1) is 0 Å². The lowest BCUT2D eigenvalue weighted by atomic mass is 10.1. The number of carbonyl (C=O) groups excluding carboxylic acids is 1. The number of rotatable bonds is 13. The molecule has 0 atom stereocenters. The average molecular weight is 289 g/mol. The summed E-state index contributed by atoms with van der Waals surface area (Å²) in [6, 6.07) is 0. The van der Waals surface area contributed by atoms with E-state index in [9.17, 15) is 9.59 Å². The van der Waals surface area contributed by atoms with E-state index < -0.39 is 5.97 Å². The highest BCUT2D eigenvalue weighted by Gasteiger charge is 1.97. The fourth-order valence-corrected chi connectivity index (χ4v) is 2.03. The van der Waals surface area contributed by atoms with E-state index in [-0.39, 0.29) is 11.7 Å². The van der Waals surface area contributed by atoms with Gasteiger partial charge in [0.25, 0.3) is 0 Å². The smallest absolute Gasteiger partial charge is 0.303 e. The molecule has 0 fully saturated rings. The third kappa shape index (κ3) is 15.2. The van der Waals surface area contributed by atoms with Gasteiger partial charge in [-0.25, -0.2) is 0 Å². The van der Waals surface area contributed by atoms with Gasteiger partial charge in [-0.05, 0) is 12.8 Å². The Morgan fingerprint density at radius 1 is 0.842 bits per heavy atom. The first-order chi connectivity index (χ1) is 9.16. The molecule has 2 N–H and O–H groups in total. The second kappa shape index (κ2) is 13.7. The maximum Gasteiger partial charge on any atom is 0.303 e. The lowest BCUT2D eigenvalue weighted by molar-refractivity contribution is -0.137. The first kappa shape index (κ1) is 18.3. The highest BCUT2D eigenvalue weighted by molar-refractivity contribution is 7.81. The number of carboxylic acids is 1. The molecule has 0 aliphatic heterocycles. The summed E-state index contributed by atoms with van der Waals surface area (Å²) in [5.74, 6) is -0.420. The molecule has 0 aliphatic rings. The summed E-state index contributed by atoms with van der Waals surface area (Å²) in [5.41, 5.74) is 0. The van der Waals surface area contributed by atoms with Gasteiger partial charge in [0.15, 0.2) is 0 Å². The summed E-state index contributed by atoms with van der Waals surface area (Å²) in [6.45, 7) is 0.759. The molecule has 112 valence electrons. The second-order valence-electron chi connectivity index (χ2n) is 4.83. The monoisotopic (exact) mass is 289 g/mol. The standard InChI is InChI=1S/C14H27NO3S/c16-13(12-19)15-11-9-7-5-3-1-2-4-6-8-10-14(17)18/h19H,1-12H2,(H,15,16)(H,17,18). The highest BCUT2D eigenvalue weighted by atomic mass is 32.1. The number of amides is 1. The zero-order chi connectivity index (χ0) is 14.3. The van der Waals surface area contributed by atoms with Crippen molar-refractivity contribution in [2.45, 2.75) is 64.2 Å². The predicted octanol–water partition coefficient (Wildman–Crippen LogP) is 3.02. The van der Waals surface area contributed by atoms with Crippen LogP contribution in [0.2, 0.25) is 0 Å². The van der Waals surface area contributed by atoms with Crippen molar-refractivity contribution in [3.05, 3.63) is 0 Å². The van der Waals surface area contributed by atoms with Crippen molar-refractivity contribution < 1.29 is 14.7 Å². The molecule has 19 heavy (non-hydrogen) atoms. The summed E-state index contributed by atoms with van der Waals surface area (Å²) in [4.78, 5) is 21.2. The third-order valence-corrected chi connectivity index (χ3v) is 3.32. The van der Waals surface area contributed by atoms with E-state index in [1.54, 1.807) is 0 Å². The quantitative estimate of drug-likeness (QED) is 0.361.